The number of furan rings is 1. The minimum Gasteiger partial charge on any atom is -0.459 e. The second-order valence-corrected chi connectivity index (χ2v) is 7.26. The van der Waals surface area contributed by atoms with Gasteiger partial charge in [0.2, 0.25) is 5.91 Å². The molecule has 0 saturated carbocycles. The van der Waals surface area contributed by atoms with Crippen LogP contribution in [-0.4, -0.2) is 22.8 Å². The highest BCUT2D eigenvalue weighted by atomic mass is 32.1. The molecule has 2 aromatic carbocycles. The molecule has 0 aliphatic rings. The lowest BCUT2D eigenvalue weighted by Gasteiger charge is -2.13. The van der Waals surface area contributed by atoms with Crippen LogP contribution in [0.2, 0.25) is 0 Å². The Morgan fingerprint density at radius 2 is 1.93 bits per heavy atom. The molecule has 1 unspecified atom stereocenters. The van der Waals surface area contributed by atoms with Crippen molar-refractivity contribution >= 4 is 39.1 Å². The highest BCUT2D eigenvalue weighted by molar-refractivity contribution is 7.21. The third-order valence-corrected chi connectivity index (χ3v) is 5.24. The molecule has 0 aliphatic carbocycles. The summed E-state index contributed by atoms with van der Waals surface area (Å²) >= 11 is 1.60. The number of nitrogens with one attached hydrogen (secondary N) is 2. The van der Waals surface area contributed by atoms with E-state index in [-0.39, 0.29) is 11.7 Å². The SMILES string of the molecule is CC(NC(=O)c1ccco1)C(=O)Nc1cccc(-c2nc3ccccc3s2)c1. The normalized spacial score (nSPS) is 11.9. The second-order valence-electron chi connectivity index (χ2n) is 6.23. The zero-order valence-corrected chi connectivity index (χ0v) is 15.8. The van der Waals surface area contributed by atoms with Crippen LogP contribution < -0.4 is 10.6 Å². The number of carbonyl (C=O) groups excluding carboxylic acids is 2. The van der Waals surface area contributed by atoms with E-state index in [0.717, 1.165) is 20.8 Å². The van der Waals surface area contributed by atoms with E-state index in [4.69, 9.17) is 4.42 Å². The average molecular weight is 391 g/mol. The van der Waals surface area contributed by atoms with Crippen LogP contribution in [0.1, 0.15) is 17.5 Å². The van der Waals surface area contributed by atoms with Gasteiger partial charge in [-0.1, -0.05) is 24.3 Å². The molecule has 4 aromatic rings. The topological polar surface area (TPSA) is 84.2 Å². The molecule has 2 amide bonds. The number of para-hydroxylation sites is 1. The molecule has 2 aromatic heterocycles. The third kappa shape index (κ3) is 3.79. The number of aromatic nitrogens is 1. The summed E-state index contributed by atoms with van der Waals surface area (Å²) in [4.78, 5) is 29.1. The van der Waals surface area contributed by atoms with E-state index in [0.29, 0.717) is 5.69 Å². The number of hydrogen-bond donors (Lipinski definition) is 2. The van der Waals surface area contributed by atoms with E-state index in [2.05, 4.69) is 15.6 Å². The molecule has 1 atom stereocenters. The minimum absolute atomic E-state index is 0.164. The molecular formula is C21H17N3O3S. The minimum atomic E-state index is -0.719. The first-order chi connectivity index (χ1) is 13.6. The molecule has 0 radical (unpaired) electrons. The van der Waals surface area contributed by atoms with Crippen molar-refractivity contribution in [1.82, 2.24) is 10.3 Å². The number of nitrogens with zero attached hydrogens (tertiary/aromatic N) is 1. The summed E-state index contributed by atoms with van der Waals surface area (Å²) in [6, 6.07) is 17.9. The molecule has 6 nitrogen and oxygen atoms in total. The number of anilines is 1. The zero-order valence-electron chi connectivity index (χ0n) is 15.0. The summed E-state index contributed by atoms with van der Waals surface area (Å²) in [6.45, 7) is 1.62. The van der Waals surface area contributed by atoms with E-state index in [1.807, 2.05) is 42.5 Å². The largest absolute Gasteiger partial charge is 0.459 e. The molecule has 0 fully saturated rings. The summed E-state index contributed by atoms with van der Waals surface area (Å²) in [5.41, 5.74) is 2.51. The molecule has 0 saturated heterocycles. The maximum atomic E-state index is 12.4. The van der Waals surface area contributed by atoms with Gasteiger partial charge in [0.25, 0.3) is 5.91 Å². The van der Waals surface area contributed by atoms with E-state index in [1.54, 1.807) is 36.5 Å². The Morgan fingerprint density at radius 1 is 1.07 bits per heavy atom. The van der Waals surface area contributed by atoms with Crippen molar-refractivity contribution < 1.29 is 14.0 Å². The summed E-state index contributed by atoms with van der Waals surface area (Å²) in [6.07, 6.45) is 1.41. The first-order valence-electron chi connectivity index (χ1n) is 8.71. The number of fused-ring (bicyclic) bond motifs is 1. The lowest BCUT2D eigenvalue weighted by molar-refractivity contribution is -0.117. The highest BCUT2D eigenvalue weighted by Crippen LogP contribution is 2.31. The molecule has 2 heterocycles. The summed E-state index contributed by atoms with van der Waals surface area (Å²) in [7, 11) is 0. The molecule has 0 spiro atoms. The van der Waals surface area contributed by atoms with Crippen molar-refractivity contribution in [3.8, 4) is 10.6 Å². The van der Waals surface area contributed by atoms with Gasteiger partial charge >= 0.3 is 0 Å². The summed E-state index contributed by atoms with van der Waals surface area (Å²) in [5.74, 6) is -0.588. The van der Waals surface area contributed by atoms with Crippen LogP contribution in [0.5, 0.6) is 0 Å². The van der Waals surface area contributed by atoms with Gasteiger partial charge in [-0.15, -0.1) is 11.3 Å². The fourth-order valence-corrected chi connectivity index (χ4v) is 3.68. The predicted octanol–water partition coefficient (Wildman–Crippen LogP) is 4.31. The molecule has 0 bridgehead atoms. The van der Waals surface area contributed by atoms with Gasteiger partial charge in [-0.2, -0.15) is 0 Å². The van der Waals surface area contributed by atoms with Gasteiger partial charge in [0, 0.05) is 11.3 Å². The summed E-state index contributed by atoms with van der Waals surface area (Å²) in [5, 5.41) is 6.33. The Balaban J connectivity index is 1.46. The first-order valence-corrected chi connectivity index (χ1v) is 9.53. The van der Waals surface area contributed by atoms with Crippen molar-refractivity contribution in [1.29, 1.82) is 0 Å². The molecule has 0 aliphatic heterocycles. The maximum Gasteiger partial charge on any atom is 0.287 e. The van der Waals surface area contributed by atoms with Crippen LogP contribution in [0.3, 0.4) is 0 Å². The summed E-state index contributed by atoms with van der Waals surface area (Å²) < 4.78 is 6.15. The highest BCUT2D eigenvalue weighted by Gasteiger charge is 2.18. The van der Waals surface area contributed by atoms with Gasteiger partial charge < -0.3 is 15.1 Å². The van der Waals surface area contributed by atoms with Gasteiger partial charge in [-0.05, 0) is 43.3 Å². The average Bonchev–Trinajstić information content (AvgIpc) is 3.38. The van der Waals surface area contributed by atoms with E-state index < -0.39 is 11.9 Å². The molecule has 7 heteroatoms. The van der Waals surface area contributed by atoms with E-state index >= 15 is 0 Å². The molecule has 28 heavy (non-hydrogen) atoms. The predicted molar refractivity (Wildman–Crippen MR) is 109 cm³/mol. The van der Waals surface area contributed by atoms with Crippen LogP contribution in [0, 0.1) is 0 Å². The first kappa shape index (κ1) is 17.9. The van der Waals surface area contributed by atoms with Crippen LogP contribution >= 0.6 is 11.3 Å². The van der Waals surface area contributed by atoms with Crippen molar-refractivity contribution in [2.45, 2.75) is 13.0 Å². The van der Waals surface area contributed by atoms with Gasteiger partial charge in [0.1, 0.15) is 11.0 Å². The van der Waals surface area contributed by atoms with Gasteiger partial charge in [0.15, 0.2) is 5.76 Å². The van der Waals surface area contributed by atoms with Crippen molar-refractivity contribution in [3.63, 3.8) is 0 Å². The number of thiazole rings is 1. The Kier molecular flexibility index (Phi) is 4.90. The van der Waals surface area contributed by atoms with Crippen molar-refractivity contribution in [2.24, 2.45) is 0 Å². The molecular weight excluding hydrogens is 374 g/mol. The Hall–Kier alpha value is -3.45. The molecule has 2 N–H and O–H groups in total. The fourth-order valence-electron chi connectivity index (χ4n) is 2.72. The van der Waals surface area contributed by atoms with Crippen LogP contribution in [0.15, 0.2) is 71.3 Å². The van der Waals surface area contributed by atoms with Crippen molar-refractivity contribution in [2.75, 3.05) is 5.32 Å². The van der Waals surface area contributed by atoms with Crippen molar-refractivity contribution in [3.05, 3.63) is 72.7 Å². The maximum absolute atomic E-state index is 12.4. The number of carbonyl (C=O) groups is 2. The number of hydrogen-bond acceptors (Lipinski definition) is 5. The van der Waals surface area contributed by atoms with Crippen LogP contribution in [0.4, 0.5) is 5.69 Å². The molecule has 4 rings (SSSR count). The molecule has 140 valence electrons. The Labute approximate surface area is 165 Å². The fraction of sp³-hybridized carbons (Fsp3) is 0.0952. The lowest BCUT2D eigenvalue weighted by atomic mass is 10.2. The Morgan fingerprint density at radius 3 is 2.71 bits per heavy atom. The lowest BCUT2D eigenvalue weighted by Crippen LogP contribution is -2.41. The standard InChI is InChI=1S/C21H17N3O3S/c1-13(22-20(26)17-9-5-11-27-17)19(25)23-15-7-4-6-14(12-15)21-24-16-8-2-3-10-18(16)28-21/h2-13H,1H3,(H,22,26)(H,23,25). The van der Waals surface area contributed by atoms with Gasteiger partial charge in [-0.25, -0.2) is 4.98 Å². The Bertz CT molecular complexity index is 1100. The van der Waals surface area contributed by atoms with Gasteiger partial charge in [0.05, 0.1) is 16.5 Å². The van der Waals surface area contributed by atoms with E-state index in [1.165, 1.54) is 6.26 Å². The third-order valence-electron chi connectivity index (χ3n) is 4.16. The zero-order chi connectivity index (χ0) is 19.5. The van der Waals surface area contributed by atoms with Crippen LogP contribution in [0.25, 0.3) is 20.8 Å². The number of amides is 2. The van der Waals surface area contributed by atoms with Crippen LogP contribution in [-0.2, 0) is 4.79 Å². The number of rotatable bonds is 5. The van der Waals surface area contributed by atoms with E-state index in [9.17, 15) is 9.59 Å². The smallest absolute Gasteiger partial charge is 0.287 e. The number of benzene rings is 2. The monoisotopic (exact) mass is 391 g/mol. The quantitative estimate of drug-likeness (QED) is 0.531. The second kappa shape index (κ2) is 7.66. The van der Waals surface area contributed by atoms with Gasteiger partial charge in [-0.3, -0.25) is 9.59 Å².